The van der Waals surface area contributed by atoms with Crippen molar-refractivity contribution in [2.75, 3.05) is 0 Å². The molecule has 0 bridgehead atoms. The van der Waals surface area contributed by atoms with Crippen LogP contribution < -0.4 is 20.7 Å². The average Bonchev–Trinajstić information content (AvgIpc) is 0.804. The highest BCUT2D eigenvalue weighted by Gasteiger charge is 2.27. The molecule has 121 heavy (non-hydrogen) atoms. The number of hydrogen-bond acceptors (Lipinski definition) is 0. The van der Waals surface area contributed by atoms with E-state index in [1.807, 2.05) is 0 Å². The summed E-state index contributed by atoms with van der Waals surface area (Å²) >= 11 is 0. The summed E-state index contributed by atoms with van der Waals surface area (Å²) in [5.41, 5.74) is 34.5. The fraction of sp³-hybridized carbons (Fsp3) is 0.237. The van der Waals surface area contributed by atoms with E-state index < -0.39 is 24.2 Å². The fourth-order valence-corrected chi connectivity index (χ4v) is 17.6. The molecule has 0 aliphatic carbocycles. The van der Waals surface area contributed by atoms with Crippen LogP contribution in [0.4, 0.5) is 0 Å². The Balaban J connectivity index is 0.000000241. The molecule has 0 unspecified atom stereocenters. The molecule has 15 rings (SSSR count). The van der Waals surface area contributed by atoms with Gasteiger partial charge in [-0.2, -0.15) is 0 Å². The molecule has 3 heteroatoms. The van der Waals surface area contributed by atoms with Gasteiger partial charge in [-0.3, -0.25) is 0 Å². The number of aryl methyl sites for hydroxylation is 20. The second kappa shape index (κ2) is 51.5. The number of benzene rings is 15. The normalized spacial score (nSPS) is 10.3. The van der Waals surface area contributed by atoms with E-state index in [0.717, 1.165) is 0 Å². The predicted octanol–water partition coefficient (Wildman–Crippen LogP) is 31.6. The Morgan fingerprint density at radius 3 is 0.521 bits per heavy atom. The van der Waals surface area contributed by atoms with Crippen LogP contribution in [0.15, 0.2) is 364 Å². The molecule has 0 radical (unpaired) electrons. The van der Waals surface area contributed by atoms with Crippen molar-refractivity contribution in [3.8, 4) is 33.4 Å². The number of hydrogen-bond donors (Lipinski definition) is 0. The van der Waals surface area contributed by atoms with E-state index in [-0.39, 0.29) is 0 Å². The molecule has 0 saturated carbocycles. The zero-order chi connectivity index (χ0) is 89.2. The zero-order valence-corrected chi connectivity index (χ0v) is 82.1. The van der Waals surface area contributed by atoms with E-state index in [1.165, 1.54) is 165 Å². The van der Waals surface area contributed by atoms with Crippen LogP contribution >= 0.6 is 0 Å². The minimum atomic E-state index is -1.52. The Hall–Kier alpha value is -11.0. The van der Waals surface area contributed by atoms with Crippen molar-refractivity contribution in [1.29, 1.82) is 0 Å². The highest BCUT2D eigenvalue weighted by atomic mass is 28.3. The first-order chi connectivity index (χ1) is 57.2. The fourth-order valence-electron chi connectivity index (χ4n) is 12.8. The number of rotatable bonds is 7. The van der Waals surface area contributed by atoms with E-state index in [0.29, 0.717) is 0 Å². The Labute approximate surface area is 739 Å². The molecule has 15 aromatic carbocycles. The summed E-state index contributed by atoms with van der Waals surface area (Å²) in [5.74, 6) is 0. The van der Waals surface area contributed by atoms with Crippen LogP contribution in [0.3, 0.4) is 0 Å². The molecule has 0 atom stereocenters. The molecule has 0 heterocycles. The second-order valence-electron chi connectivity index (χ2n) is 35.6. The Morgan fingerprint density at radius 1 is 0.132 bits per heavy atom. The van der Waals surface area contributed by atoms with Gasteiger partial charge in [0.1, 0.15) is 16.1 Å². The van der Waals surface area contributed by atoms with Crippen molar-refractivity contribution in [1.82, 2.24) is 0 Å². The van der Waals surface area contributed by atoms with Crippen molar-refractivity contribution >= 4 is 45.0 Å². The van der Waals surface area contributed by atoms with E-state index in [2.05, 4.69) is 555 Å². The van der Waals surface area contributed by atoms with Crippen LogP contribution in [0.5, 0.6) is 0 Å². The third-order valence-corrected chi connectivity index (χ3v) is 27.5. The second-order valence-corrected chi connectivity index (χ2v) is 50.4. The first-order valence-electron chi connectivity index (χ1n) is 43.1. The van der Waals surface area contributed by atoms with E-state index in [9.17, 15) is 0 Å². The summed E-state index contributed by atoms with van der Waals surface area (Å²) < 4.78 is 0. The van der Waals surface area contributed by atoms with Crippen molar-refractivity contribution in [2.45, 2.75) is 191 Å². The lowest BCUT2D eigenvalue weighted by Crippen LogP contribution is -2.52. The lowest BCUT2D eigenvalue weighted by molar-refractivity contribution is 1.39. The molecule has 0 N–H and O–H groups in total. The Kier molecular flexibility index (Phi) is 42.8. The topological polar surface area (TPSA) is 0 Å². The SMILES string of the molecule is C[Si](C)(C)C.Cc1ccc(-c2ccc(C)cc2)cc1.Cc1ccc(C)cc1.Cc1ccc(C)cc1.Cc1ccc(C)cc1.Cc1ccc([Si](C)(C)c2ccc(C)cc2)cc1.Cc1cccc(-c2cccc(C)c2)c1.Cc1cccc(C)c1.Cc1cccc(C)c1.Cc1cccc([Si](C)(C)c2cccc(C)c2)c1.Cc1ccccc1-c1ccccc1C. The Bertz CT molecular complexity index is 4970. The van der Waals surface area contributed by atoms with Crippen molar-refractivity contribution in [2.24, 2.45) is 0 Å². The minimum Gasteiger partial charge on any atom is -0.0697 e. The maximum Gasteiger partial charge on any atom is 0.112 e. The van der Waals surface area contributed by atoms with Crippen LogP contribution in [0.25, 0.3) is 33.4 Å². The summed E-state index contributed by atoms with van der Waals surface area (Å²) in [6, 6.07) is 130. The van der Waals surface area contributed by atoms with Crippen molar-refractivity contribution in [3.63, 3.8) is 0 Å². The van der Waals surface area contributed by atoms with Crippen LogP contribution in [0.2, 0.25) is 52.4 Å². The average molecular weight is 1650 g/mol. The van der Waals surface area contributed by atoms with E-state index >= 15 is 0 Å². The van der Waals surface area contributed by atoms with Crippen LogP contribution in [0.1, 0.15) is 111 Å². The first kappa shape index (κ1) is 101. The standard InChI is InChI=1S/2C16H20Si.3C14H14.5C8H10.C4H12Si/c1-13-5-9-15(10-6-13)17(3,4)16-11-7-14(2)8-12-16;1-13-7-5-9-15(11-13)17(3,4)16-10-6-8-14(2)12-16;1-11-3-7-13(8-4-11)14-9-5-12(2)6-10-14;1-11-5-3-7-13(9-11)14-8-4-6-12(2)10-14;1-11-7-3-5-9-13(11)14-10-6-4-8-12(14)2;3*1-7-3-5-8(2)6-4-7;2*1-7-4-3-5-8(2)6-7;1-5(2,3)4/h2*5-12H,1-4H3;3*3-10H,1-2H3;5*3-6H,1-2H3;1-4H3. The van der Waals surface area contributed by atoms with Gasteiger partial charge in [-0.15, -0.1) is 0 Å². The molecule has 628 valence electrons. The molecular weight excluding hydrogens is 1500 g/mol. The summed E-state index contributed by atoms with van der Waals surface area (Å²) in [6.07, 6.45) is 0. The molecule has 15 aromatic rings. The molecule has 0 aromatic heterocycles. The third kappa shape index (κ3) is 39.8. The van der Waals surface area contributed by atoms with Gasteiger partial charge in [0.15, 0.2) is 0 Å². The van der Waals surface area contributed by atoms with Gasteiger partial charge in [0, 0.05) is 8.07 Å². The molecule has 0 spiro atoms. The van der Waals surface area contributed by atoms with Crippen LogP contribution in [0, 0.1) is 138 Å². The lowest BCUT2D eigenvalue weighted by atomic mass is 9.97. The summed E-state index contributed by atoms with van der Waals surface area (Å²) in [6.45, 7) is 61.4. The van der Waals surface area contributed by atoms with Gasteiger partial charge in [0.2, 0.25) is 0 Å². The molecule has 0 aliphatic heterocycles. The monoisotopic (exact) mass is 1650 g/mol. The van der Waals surface area contributed by atoms with Crippen LogP contribution in [-0.2, 0) is 0 Å². The minimum absolute atomic E-state index is 0.611. The largest absolute Gasteiger partial charge is 0.112 e. The molecule has 0 fully saturated rings. The smallest absolute Gasteiger partial charge is 0.0697 e. The van der Waals surface area contributed by atoms with Crippen molar-refractivity contribution in [3.05, 3.63) is 475 Å². The quantitative estimate of drug-likeness (QED) is 0.140. The predicted molar refractivity (Wildman–Crippen MR) is 551 cm³/mol. The summed E-state index contributed by atoms with van der Waals surface area (Å²) in [4.78, 5) is 0. The van der Waals surface area contributed by atoms with Gasteiger partial charge in [0.25, 0.3) is 0 Å². The Morgan fingerprint density at radius 2 is 0.314 bits per heavy atom. The highest BCUT2D eigenvalue weighted by Crippen LogP contribution is 2.27. The molecule has 0 saturated heterocycles. The summed E-state index contributed by atoms with van der Waals surface area (Å²) in [7, 11) is -3.63. The van der Waals surface area contributed by atoms with Gasteiger partial charge in [0.05, 0.1) is 0 Å². The van der Waals surface area contributed by atoms with Gasteiger partial charge in [-0.05, 0) is 183 Å². The molecule has 0 nitrogen and oxygen atoms in total. The lowest BCUT2D eigenvalue weighted by Gasteiger charge is -2.24. The van der Waals surface area contributed by atoms with E-state index in [1.54, 1.807) is 0 Å². The third-order valence-electron chi connectivity index (χ3n) is 20.4. The van der Waals surface area contributed by atoms with Gasteiger partial charge >= 0.3 is 0 Å². The molecule has 0 aliphatic rings. The van der Waals surface area contributed by atoms with Gasteiger partial charge in [-0.25, -0.2) is 0 Å². The maximum atomic E-state index is 2.43. The molecular formula is C118H144Si3. The van der Waals surface area contributed by atoms with Gasteiger partial charge < -0.3 is 0 Å². The molecule has 0 amide bonds. The summed E-state index contributed by atoms with van der Waals surface area (Å²) in [5, 5.41) is 6.05. The van der Waals surface area contributed by atoms with Crippen molar-refractivity contribution < 1.29 is 0 Å². The van der Waals surface area contributed by atoms with E-state index in [4.69, 9.17) is 0 Å². The van der Waals surface area contributed by atoms with Gasteiger partial charge in [-0.1, -0.05) is 537 Å². The maximum absolute atomic E-state index is 2.43. The van der Waals surface area contributed by atoms with Crippen LogP contribution in [-0.4, -0.2) is 24.2 Å². The highest BCUT2D eigenvalue weighted by molar-refractivity contribution is 7.01. The zero-order valence-electron chi connectivity index (χ0n) is 79.1. The first-order valence-corrected chi connectivity index (χ1v) is 53.1.